The summed E-state index contributed by atoms with van der Waals surface area (Å²) in [5, 5.41) is 0.455. The Kier molecular flexibility index (Phi) is 4.98. The Morgan fingerprint density at radius 3 is 2.19 bits per heavy atom. The lowest BCUT2D eigenvalue weighted by Gasteiger charge is -2.08. The summed E-state index contributed by atoms with van der Waals surface area (Å²) in [7, 11) is 0. The quantitative estimate of drug-likeness (QED) is 0.798. The third kappa shape index (κ3) is 4.06. The number of hydrazine groups is 1. The lowest BCUT2D eigenvalue weighted by atomic mass is 10.1. The summed E-state index contributed by atoms with van der Waals surface area (Å²) < 4.78 is 0.830. The SMILES string of the molecule is Cc1ccc(C(=O)NNC(=O)c2cccc(Cl)c2)cc1Br. The Morgan fingerprint density at radius 1 is 1.00 bits per heavy atom. The fourth-order valence-electron chi connectivity index (χ4n) is 1.62. The van der Waals surface area contributed by atoms with Crippen LogP contribution in [0, 0.1) is 6.92 Å². The van der Waals surface area contributed by atoms with Crippen molar-refractivity contribution in [2.24, 2.45) is 0 Å². The third-order valence-corrected chi connectivity index (χ3v) is 3.90. The minimum absolute atomic E-state index is 0.368. The molecule has 0 aromatic heterocycles. The number of rotatable bonds is 2. The molecule has 0 fully saturated rings. The van der Waals surface area contributed by atoms with E-state index in [4.69, 9.17) is 11.6 Å². The molecule has 108 valence electrons. The first-order valence-corrected chi connectivity index (χ1v) is 7.27. The van der Waals surface area contributed by atoms with Gasteiger partial charge >= 0.3 is 0 Å². The highest BCUT2D eigenvalue weighted by atomic mass is 79.9. The van der Waals surface area contributed by atoms with E-state index in [9.17, 15) is 9.59 Å². The fraction of sp³-hybridized carbons (Fsp3) is 0.0667. The van der Waals surface area contributed by atoms with E-state index >= 15 is 0 Å². The molecule has 0 aliphatic rings. The Hall–Kier alpha value is -1.85. The lowest BCUT2D eigenvalue weighted by molar-refractivity contribution is 0.0846. The molecule has 6 heteroatoms. The van der Waals surface area contributed by atoms with E-state index in [2.05, 4.69) is 26.8 Å². The van der Waals surface area contributed by atoms with Gasteiger partial charge in [0.15, 0.2) is 0 Å². The van der Waals surface area contributed by atoms with Crippen molar-refractivity contribution >= 4 is 39.3 Å². The van der Waals surface area contributed by atoms with Crippen LogP contribution in [0.5, 0.6) is 0 Å². The van der Waals surface area contributed by atoms with E-state index in [1.165, 1.54) is 6.07 Å². The summed E-state index contributed by atoms with van der Waals surface area (Å²) in [4.78, 5) is 23.8. The second kappa shape index (κ2) is 6.74. The fourth-order valence-corrected chi connectivity index (χ4v) is 2.19. The summed E-state index contributed by atoms with van der Waals surface area (Å²) in [5.41, 5.74) is 6.54. The van der Waals surface area contributed by atoms with Gasteiger partial charge in [0.25, 0.3) is 11.8 Å². The van der Waals surface area contributed by atoms with Gasteiger partial charge in [0, 0.05) is 20.6 Å². The maximum Gasteiger partial charge on any atom is 0.269 e. The molecule has 0 aliphatic carbocycles. The van der Waals surface area contributed by atoms with Crippen LogP contribution >= 0.6 is 27.5 Å². The molecule has 0 aliphatic heterocycles. The van der Waals surface area contributed by atoms with E-state index in [0.717, 1.165) is 10.0 Å². The summed E-state index contributed by atoms with van der Waals surface area (Å²) in [5.74, 6) is -0.830. The molecule has 21 heavy (non-hydrogen) atoms. The molecule has 2 aromatic carbocycles. The molecule has 0 heterocycles. The molecular formula is C15H12BrClN2O2. The second-order valence-electron chi connectivity index (χ2n) is 4.38. The number of nitrogens with one attached hydrogen (secondary N) is 2. The number of halogens is 2. The van der Waals surface area contributed by atoms with Gasteiger partial charge in [-0.25, -0.2) is 0 Å². The summed E-state index contributed by atoms with van der Waals surface area (Å²) in [6.45, 7) is 1.92. The lowest BCUT2D eigenvalue weighted by Crippen LogP contribution is -2.41. The van der Waals surface area contributed by atoms with Gasteiger partial charge in [-0.3, -0.25) is 20.4 Å². The van der Waals surface area contributed by atoms with Gasteiger partial charge in [-0.15, -0.1) is 0 Å². The number of benzene rings is 2. The van der Waals surface area contributed by atoms with E-state index in [0.29, 0.717) is 16.1 Å². The van der Waals surface area contributed by atoms with Gasteiger partial charge in [-0.05, 0) is 42.8 Å². The van der Waals surface area contributed by atoms with Crippen LogP contribution < -0.4 is 10.9 Å². The van der Waals surface area contributed by atoms with Gasteiger partial charge < -0.3 is 0 Å². The summed E-state index contributed by atoms with van der Waals surface area (Å²) in [6, 6.07) is 11.6. The van der Waals surface area contributed by atoms with E-state index in [1.54, 1.807) is 30.3 Å². The molecular weight excluding hydrogens is 356 g/mol. The Labute approximate surface area is 135 Å². The maximum atomic E-state index is 11.9. The normalized spacial score (nSPS) is 10.0. The molecule has 2 N–H and O–H groups in total. The van der Waals surface area contributed by atoms with Crippen LogP contribution in [-0.4, -0.2) is 11.8 Å². The molecule has 0 saturated carbocycles. The van der Waals surface area contributed by atoms with E-state index < -0.39 is 11.8 Å². The van der Waals surface area contributed by atoms with E-state index in [-0.39, 0.29) is 0 Å². The molecule has 0 spiro atoms. The minimum Gasteiger partial charge on any atom is -0.267 e. The average molecular weight is 368 g/mol. The predicted molar refractivity (Wildman–Crippen MR) is 85.3 cm³/mol. The highest BCUT2D eigenvalue weighted by molar-refractivity contribution is 9.10. The largest absolute Gasteiger partial charge is 0.269 e. The zero-order chi connectivity index (χ0) is 15.4. The van der Waals surface area contributed by atoms with Crippen LogP contribution in [0.25, 0.3) is 0 Å². The molecule has 2 aromatic rings. The number of aryl methyl sites for hydroxylation is 1. The number of amides is 2. The average Bonchev–Trinajstić information content (AvgIpc) is 2.47. The summed E-state index contributed by atoms with van der Waals surface area (Å²) in [6.07, 6.45) is 0. The standard InChI is InChI=1S/C15H12BrClN2O2/c1-9-5-6-11(8-13(9)16)15(21)19-18-14(20)10-3-2-4-12(17)7-10/h2-8H,1H3,(H,18,20)(H,19,21). The van der Waals surface area contributed by atoms with Crippen LogP contribution in [0.2, 0.25) is 5.02 Å². The van der Waals surface area contributed by atoms with Crippen LogP contribution in [0.1, 0.15) is 26.3 Å². The zero-order valence-electron chi connectivity index (χ0n) is 11.1. The van der Waals surface area contributed by atoms with Crippen molar-refractivity contribution in [2.45, 2.75) is 6.92 Å². The smallest absolute Gasteiger partial charge is 0.267 e. The number of hydrogen-bond acceptors (Lipinski definition) is 2. The molecule has 0 saturated heterocycles. The molecule has 2 rings (SSSR count). The number of carbonyl (C=O) groups excluding carboxylic acids is 2. The van der Waals surface area contributed by atoms with Gasteiger partial charge in [0.05, 0.1) is 0 Å². The molecule has 0 bridgehead atoms. The highest BCUT2D eigenvalue weighted by Crippen LogP contribution is 2.17. The first-order chi connectivity index (χ1) is 9.97. The van der Waals surface area contributed by atoms with Gasteiger partial charge in [0.2, 0.25) is 0 Å². The third-order valence-electron chi connectivity index (χ3n) is 2.81. The molecule has 0 radical (unpaired) electrons. The summed E-state index contributed by atoms with van der Waals surface area (Å²) >= 11 is 9.16. The van der Waals surface area contributed by atoms with Gasteiger partial charge in [-0.1, -0.05) is 39.7 Å². The topological polar surface area (TPSA) is 58.2 Å². The highest BCUT2D eigenvalue weighted by Gasteiger charge is 2.10. The Bertz CT molecular complexity index is 704. The number of hydrogen-bond donors (Lipinski definition) is 2. The minimum atomic E-state index is -0.433. The molecule has 0 atom stereocenters. The van der Waals surface area contributed by atoms with Crippen molar-refractivity contribution in [3.05, 3.63) is 68.7 Å². The van der Waals surface area contributed by atoms with Crippen molar-refractivity contribution < 1.29 is 9.59 Å². The zero-order valence-corrected chi connectivity index (χ0v) is 13.5. The van der Waals surface area contributed by atoms with Crippen LogP contribution in [0.15, 0.2) is 46.9 Å². The van der Waals surface area contributed by atoms with Gasteiger partial charge in [-0.2, -0.15) is 0 Å². The number of carbonyl (C=O) groups is 2. The molecule has 0 unspecified atom stereocenters. The van der Waals surface area contributed by atoms with E-state index in [1.807, 2.05) is 13.0 Å². The Morgan fingerprint density at radius 2 is 1.62 bits per heavy atom. The van der Waals surface area contributed by atoms with Crippen molar-refractivity contribution in [3.8, 4) is 0 Å². The monoisotopic (exact) mass is 366 g/mol. The molecule has 2 amide bonds. The van der Waals surface area contributed by atoms with Crippen LogP contribution in [0.3, 0.4) is 0 Å². The first-order valence-electron chi connectivity index (χ1n) is 6.10. The van der Waals surface area contributed by atoms with Crippen molar-refractivity contribution in [1.29, 1.82) is 0 Å². The van der Waals surface area contributed by atoms with Gasteiger partial charge in [0.1, 0.15) is 0 Å². The van der Waals surface area contributed by atoms with Crippen molar-refractivity contribution in [1.82, 2.24) is 10.9 Å². The van der Waals surface area contributed by atoms with Crippen molar-refractivity contribution in [3.63, 3.8) is 0 Å². The first kappa shape index (κ1) is 15.5. The maximum absolute atomic E-state index is 11.9. The van der Waals surface area contributed by atoms with Crippen LogP contribution in [-0.2, 0) is 0 Å². The Balaban J connectivity index is 2.00. The molecule has 4 nitrogen and oxygen atoms in total. The predicted octanol–water partition coefficient (Wildman–Crippen LogP) is 3.49. The second-order valence-corrected chi connectivity index (χ2v) is 5.67. The van der Waals surface area contributed by atoms with Crippen molar-refractivity contribution in [2.75, 3.05) is 0 Å². The van der Waals surface area contributed by atoms with Crippen LogP contribution in [0.4, 0.5) is 0 Å².